The van der Waals surface area contributed by atoms with Crippen molar-refractivity contribution in [3.05, 3.63) is 206 Å². The highest BCUT2D eigenvalue weighted by Gasteiger charge is 2.59. The van der Waals surface area contributed by atoms with Crippen LogP contribution in [0.15, 0.2) is 138 Å². The van der Waals surface area contributed by atoms with E-state index in [4.69, 9.17) is 28.1 Å². The van der Waals surface area contributed by atoms with Gasteiger partial charge < -0.3 is 43.3 Å². The summed E-state index contributed by atoms with van der Waals surface area (Å²) in [5, 5.41) is 26.2. The molecule has 11 heterocycles. The molecule has 1 unspecified atom stereocenters. The van der Waals surface area contributed by atoms with Crippen LogP contribution in [-0.4, -0.2) is 94.4 Å². The molecule has 1 saturated carbocycles. The van der Waals surface area contributed by atoms with Gasteiger partial charge in [0.1, 0.15) is 46.3 Å². The Balaban J connectivity index is 0.000000110. The lowest BCUT2D eigenvalue weighted by Gasteiger charge is -2.20. The summed E-state index contributed by atoms with van der Waals surface area (Å²) < 4.78 is 50.7. The summed E-state index contributed by atoms with van der Waals surface area (Å²) >= 11 is 0. The van der Waals surface area contributed by atoms with E-state index in [1.165, 1.54) is 21.9 Å². The van der Waals surface area contributed by atoms with Gasteiger partial charge in [-0.3, -0.25) is 14.5 Å². The van der Waals surface area contributed by atoms with Gasteiger partial charge in [0.25, 0.3) is 5.92 Å². The molecule has 1 fully saturated rings. The zero-order valence-corrected chi connectivity index (χ0v) is 63.0. The van der Waals surface area contributed by atoms with Crippen LogP contribution in [0.25, 0.3) is 138 Å². The SMILES string of the molecule is CC1=NCC(C)=C1c1cc(-c2c(C)noc2C)cc2[nH]c(C3CC3(F)F)nc12.Cc1ccc2cccc(-c3cc(-c4c(C)noc4C)cc4[nH]c(C)nc34)c2c1.Cc1nc2c(-c3c(C)cnn3C)cc(-c3c(C)noc3C)cc2[nH]1.Cc1nc2c(-c3cccc4c3CCC(=O)N4)cc(-c3c(C)noc3C)cc2[nH]1. The van der Waals surface area contributed by atoms with Crippen LogP contribution in [0.2, 0.25) is 0 Å². The van der Waals surface area contributed by atoms with E-state index in [9.17, 15) is 13.6 Å². The van der Waals surface area contributed by atoms with Crippen molar-refractivity contribution in [3.8, 4) is 78.0 Å². The minimum Gasteiger partial charge on any atom is -0.361 e. The van der Waals surface area contributed by atoms with Gasteiger partial charge in [-0.05, 0) is 226 Å². The second kappa shape index (κ2) is 26.8. The molecule has 23 heteroatoms. The van der Waals surface area contributed by atoms with Crippen molar-refractivity contribution in [1.82, 2.24) is 70.3 Å². The predicted molar refractivity (Wildman–Crippen MR) is 418 cm³/mol. The fourth-order valence-electron chi connectivity index (χ4n) is 15.8. The molecule has 108 heavy (non-hydrogen) atoms. The van der Waals surface area contributed by atoms with Crippen LogP contribution >= 0.6 is 0 Å². The fourth-order valence-corrected chi connectivity index (χ4v) is 15.8. The molecule has 1 atom stereocenters. The molecule has 3 aliphatic rings. The summed E-state index contributed by atoms with van der Waals surface area (Å²) in [5.41, 5.74) is 33.9. The summed E-state index contributed by atoms with van der Waals surface area (Å²) in [6.45, 7) is 30.3. The standard InChI is InChI=1S/C24H21N3O.C22H20N4O2.C21H20F2N4O.C18H19N5O/c1-13-8-9-17-6-5-7-19(20(17)10-13)21-11-18(23-14(2)27-28-15(23)3)12-22-24(21)26-16(4)25-22;1-11-21(12(2)28-26-11)14-9-17(22-19(10-14)23-13(3)24-22)15-5-4-6-18-16(15)7-8-20(27)25-18;1-9-8-24-10(2)17(9)14-5-13(18-11(3)27-28-12(18)4)6-16-19(14)26-20(25-16)15-7-21(15,22)23;1-9-8-19-23(5)18(9)14-6-13(16-10(2)22-24-11(16)3)7-15-17(14)21-12(4)20-15/h5-12H,1-4H3,(H,25,26);4-6,9-10H,7-8H2,1-3H3,(H,23,24)(H,25,27);5-6,15H,7-8H2,1-4H3,(H,25,26);6-8H,1-5H3,(H,20,21). The minimum atomic E-state index is -2.67. The highest BCUT2D eigenvalue weighted by Crippen LogP contribution is 2.55. The number of hydrogen-bond donors (Lipinski definition) is 5. The van der Waals surface area contributed by atoms with E-state index in [1.807, 2.05) is 132 Å². The van der Waals surface area contributed by atoms with Crippen molar-refractivity contribution in [2.75, 3.05) is 11.9 Å². The van der Waals surface area contributed by atoms with Crippen molar-refractivity contribution >= 4 is 77.8 Å². The molecule has 0 bridgehead atoms. The van der Waals surface area contributed by atoms with Gasteiger partial charge in [0.05, 0.1) is 91.3 Å². The van der Waals surface area contributed by atoms with E-state index in [0.717, 1.165) is 220 Å². The molecule has 21 nitrogen and oxygen atoms in total. The zero-order valence-electron chi connectivity index (χ0n) is 63.0. The monoisotopic (exact) mass is 1440 g/mol. The zero-order chi connectivity index (χ0) is 75.6. The topological polar surface area (TPSA) is 278 Å². The third kappa shape index (κ3) is 12.5. The van der Waals surface area contributed by atoms with E-state index in [1.54, 1.807) is 0 Å². The van der Waals surface area contributed by atoms with Gasteiger partial charge in [-0.2, -0.15) is 5.10 Å². The van der Waals surface area contributed by atoms with Crippen molar-refractivity contribution in [3.63, 3.8) is 0 Å². The molecule has 7 aromatic carbocycles. The van der Waals surface area contributed by atoms with Crippen LogP contribution in [0.3, 0.4) is 0 Å². The van der Waals surface area contributed by atoms with Crippen LogP contribution < -0.4 is 5.32 Å². The van der Waals surface area contributed by atoms with Gasteiger partial charge in [-0.15, -0.1) is 0 Å². The second-order valence-corrected chi connectivity index (χ2v) is 28.8. The fraction of sp³-hybridized carbons (Fsp3) is 0.259. The van der Waals surface area contributed by atoms with Gasteiger partial charge in [0.2, 0.25) is 5.91 Å². The largest absolute Gasteiger partial charge is 0.361 e. The highest BCUT2D eigenvalue weighted by atomic mass is 19.3. The number of aromatic amines is 4. The molecule has 5 N–H and O–H groups in total. The number of rotatable bonds is 9. The van der Waals surface area contributed by atoms with Gasteiger partial charge in [0, 0.05) is 81.4 Å². The van der Waals surface area contributed by atoms with Crippen LogP contribution in [-0.2, 0) is 18.3 Å². The van der Waals surface area contributed by atoms with E-state index < -0.39 is 11.8 Å². The number of halogens is 2. The summed E-state index contributed by atoms with van der Waals surface area (Å²) in [6, 6.07) is 35.9. The number of carbonyl (C=O) groups is 1. The van der Waals surface area contributed by atoms with Crippen molar-refractivity contribution in [1.29, 1.82) is 0 Å². The molecule has 0 radical (unpaired) electrons. The Kier molecular flexibility index (Phi) is 17.3. The summed E-state index contributed by atoms with van der Waals surface area (Å²) in [6.07, 6.45) is 2.94. The molecular formula is C85H80F2N16O5. The number of fused-ring (bicyclic) bond motifs is 6. The molecule has 0 spiro atoms. The quantitative estimate of drug-likeness (QED) is 0.0899. The number of amides is 1. The first-order valence-electron chi connectivity index (χ1n) is 36.0. The maximum atomic E-state index is 13.6. The number of carbonyl (C=O) groups excluding carboxylic acids is 1. The number of allylic oxidation sites excluding steroid dienone is 1. The maximum absolute atomic E-state index is 13.6. The summed E-state index contributed by atoms with van der Waals surface area (Å²) in [5.74, 6) is 2.74. The number of anilines is 1. The number of nitrogens with one attached hydrogen (secondary N) is 5. The van der Waals surface area contributed by atoms with E-state index >= 15 is 0 Å². The Morgan fingerprint density at radius 3 is 1.41 bits per heavy atom. The molecule has 1 aliphatic carbocycles. The molecular weight excluding hydrogens is 1360 g/mol. The van der Waals surface area contributed by atoms with Crippen LogP contribution in [0.4, 0.5) is 14.5 Å². The number of aromatic nitrogens is 14. The third-order valence-corrected chi connectivity index (χ3v) is 20.8. The first-order chi connectivity index (χ1) is 51.7. The van der Waals surface area contributed by atoms with Crippen LogP contribution in [0.1, 0.15) is 124 Å². The smallest absolute Gasteiger partial charge is 0.259 e. The second-order valence-electron chi connectivity index (χ2n) is 28.8. The first kappa shape index (κ1) is 69.8. The van der Waals surface area contributed by atoms with Gasteiger partial charge in [0.15, 0.2) is 0 Å². The average Bonchev–Trinajstić information content (AvgIpc) is 1.56. The predicted octanol–water partition coefficient (Wildman–Crippen LogP) is 20.0. The number of nitrogens with zero attached hydrogens (tertiary/aromatic N) is 11. The Morgan fingerprint density at radius 2 is 0.944 bits per heavy atom. The van der Waals surface area contributed by atoms with Crippen molar-refractivity contribution < 1.29 is 31.7 Å². The molecule has 2 aliphatic heterocycles. The Labute approximate surface area is 619 Å². The van der Waals surface area contributed by atoms with Crippen LogP contribution in [0.5, 0.6) is 0 Å². The Hall–Kier alpha value is -12.5. The normalized spacial score (nSPS) is 14.5. The lowest BCUT2D eigenvalue weighted by Crippen LogP contribution is -2.19. The van der Waals surface area contributed by atoms with Crippen LogP contribution in [0, 0.1) is 90.0 Å². The lowest BCUT2D eigenvalue weighted by atomic mass is 9.90. The molecule has 19 rings (SSSR count). The Morgan fingerprint density at radius 1 is 0.491 bits per heavy atom. The highest BCUT2D eigenvalue weighted by molar-refractivity contribution is 6.27. The molecule has 0 saturated heterocycles. The third-order valence-electron chi connectivity index (χ3n) is 20.8. The van der Waals surface area contributed by atoms with Gasteiger partial charge in [-0.1, -0.05) is 74.7 Å². The number of imidazole rings is 4. The maximum Gasteiger partial charge on any atom is 0.259 e. The summed E-state index contributed by atoms with van der Waals surface area (Å²) in [7, 11) is 1.95. The number of alkyl halides is 2. The molecule has 9 aromatic heterocycles. The van der Waals surface area contributed by atoms with E-state index in [0.29, 0.717) is 24.3 Å². The van der Waals surface area contributed by atoms with E-state index in [-0.39, 0.29) is 12.3 Å². The summed E-state index contributed by atoms with van der Waals surface area (Å²) in [4.78, 5) is 48.4. The first-order valence-corrected chi connectivity index (χ1v) is 36.0. The van der Waals surface area contributed by atoms with Gasteiger partial charge >= 0.3 is 0 Å². The lowest BCUT2D eigenvalue weighted by molar-refractivity contribution is -0.116. The molecule has 544 valence electrons. The van der Waals surface area contributed by atoms with Crippen molar-refractivity contribution in [2.24, 2.45) is 12.0 Å². The molecule has 1 amide bonds. The molecule has 16 aromatic rings. The number of benzene rings is 7. The average molecular weight is 1440 g/mol. The number of H-pyrrole nitrogens is 4. The van der Waals surface area contributed by atoms with E-state index in [2.05, 4.69) is 159 Å². The minimum absolute atomic E-state index is 0.0647. The Bertz CT molecular complexity index is 6310. The number of aliphatic imine (C=N–C) groups is 1. The number of hydrogen-bond acceptors (Lipinski definition) is 15. The number of aryl methyl sites for hydroxylation is 14. The van der Waals surface area contributed by atoms with Crippen molar-refractivity contribution in [2.45, 2.75) is 135 Å². The van der Waals surface area contributed by atoms with Gasteiger partial charge in [-0.25, -0.2) is 28.7 Å².